The Kier molecular flexibility index (Phi) is 4.16. The summed E-state index contributed by atoms with van der Waals surface area (Å²) in [4.78, 5) is 0. The highest BCUT2D eigenvalue weighted by Crippen LogP contribution is 2.23. The molecule has 2 aromatic rings. The van der Waals surface area contributed by atoms with Gasteiger partial charge in [0.2, 0.25) is 0 Å². The van der Waals surface area contributed by atoms with Crippen LogP contribution in [0.1, 0.15) is 5.56 Å². The summed E-state index contributed by atoms with van der Waals surface area (Å²) in [7, 11) is 1.66. The van der Waals surface area contributed by atoms with Crippen molar-refractivity contribution in [3.63, 3.8) is 0 Å². The molecule has 0 saturated carbocycles. The molecular formula is C12H14ClN3OS. The predicted molar refractivity (Wildman–Crippen MR) is 74.5 cm³/mol. The van der Waals surface area contributed by atoms with Gasteiger partial charge in [-0.1, -0.05) is 11.6 Å². The van der Waals surface area contributed by atoms with Crippen molar-refractivity contribution in [1.29, 1.82) is 0 Å². The lowest BCUT2D eigenvalue weighted by Gasteiger charge is -2.07. The Balaban J connectivity index is 2.47. The van der Waals surface area contributed by atoms with Gasteiger partial charge in [0.25, 0.3) is 0 Å². The van der Waals surface area contributed by atoms with Crippen LogP contribution in [0.4, 0.5) is 0 Å². The first kappa shape index (κ1) is 13.3. The molecule has 6 heteroatoms. The molecule has 18 heavy (non-hydrogen) atoms. The highest BCUT2D eigenvalue weighted by atomic mass is 35.5. The number of halogens is 1. The molecular weight excluding hydrogens is 270 g/mol. The fourth-order valence-electron chi connectivity index (χ4n) is 1.79. The topological polar surface area (TPSA) is 42.8 Å². The molecule has 1 heterocycles. The van der Waals surface area contributed by atoms with E-state index in [2.05, 4.69) is 10.2 Å². The van der Waals surface area contributed by atoms with Crippen molar-refractivity contribution in [1.82, 2.24) is 14.8 Å². The van der Waals surface area contributed by atoms with Gasteiger partial charge in [-0.2, -0.15) is 5.10 Å². The van der Waals surface area contributed by atoms with Gasteiger partial charge in [-0.05, 0) is 42.9 Å². The largest absolute Gasteiger partial charge is 0.383 e. The van der Waals surface area contributed by atoms with Crippen molar-refractivity contribution < 1.29 is 4.74 Å². The lowest BCUT2D eigenvalue weighted by Crippen LogP contribution is -2.06. The Bertz CT molecular complexity index is 585. The van der Waals surface area contributed by atoms with Gasteiger partial charge in [-0.15, -0.1) is 0 Å². The van der Waals surface area contributed by atoms with E-state index < -0.39 is 0 Å². The summed E-state index contributed by atoms with van der Waals surface area (Å²) in [6, 6.07) is 5.81. The van der Waals surface area contributed by atoms with Crippen LogP contribution >= 0.6 is 23.8 Å². The molecule has 0 bridgehead atoms. The Hall–Kier alpha value is -1.17. The molecule has 0 aliphatic rings. The van der Waals surface area contributed by atoms with Gasteiger partial charge in [-0.3, -0.25) is 9.67 Å². The summed E-state index contributed by atoms with van der Waals surface area (Å²) in [5.41, 5.74) is 2.04. The average molecular weight is 284 g/mol. The van der Waals surface area contributed by atoms with Crippen LogP contribution in [0, 0.1) is 11.7 Å². The van der Waals surface area contributed by atoms with E-state index in [1.807, 2.05) is 29.7 Å². The van der Waals surface area contributed by atoms with Gasteiger partial charge in [0.1, 0.15) is 0 Å². The molecule has 0 atom stereocenters. The first-order valence-corrected chi connectivity index (χ1v) is 6.32. The summed E-state index contributed by atoms with van der Waals surface area (Å²) in [6.45, 7) is 3.24. The minimum atomic E-state index is 0.583. The monoisotopic (exact) mass is 283 g/mol. The van der Waals surface area contributed by atoms with Crippen molar-refractivity contribution in [2.75, 3.05) is 13.7 Å². The third-order valence-corrected chi connectivity index (χ3v) is 3.11. The van der Waals surface area contributed by atoms with E-state index >= 15 is 0 Å². The third kappa shape index (κ3) is 2.80. The first-order valence-electron chi connectivity index (χ1n) is 5.53. The zero-order valence-corrected chi connectivity index (χ0v) is 11.8. The highest BCUT2D eigenvalue weighted by Gasteiger charge is 2.09. The molecule has 1 N–H and O–H groups in total. The number of aryl methyl sites for hydroxylation is 1. The predicted octanol–water partition coefficient (Wildman–Crippen LogP) is 3.22. The maximum atomic E-state index is 6.07. The van der Waals surface area contributed by atoms with Gasteiger partial charge in [0.05, 0.1) is 13.2 Å². The summed E-state index contributed by atoms with van der Waals surface area (Å²) in [6.07, 6.45) is 0. The lowest BCUT2D eigenvalue weighted by molar-refractivity contribution is 0.187. The van der Waals surface area contributed by atoms with Crippen molar-refractivity contribution in [2.24, 2.45) is 0 Å². The second-order valence-corrected chi connectivity index (χ2v) is 4.84. The normalized spacial score (nSPS) is 10.8. The molecule has 0 radical (unpaired) electrons. The molecule has 4 nitrogen and oxygen atoms in total. The van der Waals surface area contributed by atoms with Crippen LogP contribution in [0.25, 0.3) is 11.4 Å². The molecule has 0 spiro atoms. The van der Waals surface area contributed by atoms with E-state index in [-0.39, 0.29) is 0 Å². The number of aromatic amines is 1. The Morgan fingerprint density at radius 1 is 1.44 bits per heavy atom. The van der Waals surface area contributed by atoms with Crippen molar-refractivity contribution in [3.05, 3.63) is 33.6 Å². The molecule has 0 aliphatic carbocycles. The number of ether oxygens (including phenoxy) is 1. The molecule has 0 unspecified atom stereocenters. The number of hydrogen-bond acceptors (Lipinski definition) is 3. The Morgan fingerprint density at radius 2 is 2.22 bits per heavy atom. The van der Waals surface area contributed by atoms with Crippen LogP contribution in [0.3, 0.4) is 0 Å². The van der Waals surface area contributed by atoms with Gasteiger partial charge < -0.3 is 4.74 Å². The molecule has 0 saturated heterocycles. The zero-order valence-electron chi connectivity index (χ0n) is 10.2. The highest BCUT2D eigenvalue weighted by molar-refractivity contribution is 7.71. The van der Waals surface area contributed by atoms with Gasteiger partial charge >= 0.3 is 0 Å². The standard InChI is InChI=1S/C12H14ClN3OS/c1-8-5-9(7-10(13)6-8)11-14-15-12(18)16(11)3-4-17-2/h5-7H,3-4H2,1-2H3,(H,15,18). The minimum absolute atomic E-state index is 0.583. The van der Waals surface area contributed by atoms with E-state index in [1.54, 1.807) is 7.11 Å². The van der Waals surface area contributed by atoms with Crippen LogP contribution in [-0.2, 0) is 11.3 Å². The van der Waals surface area contributed by atoms with Crippen LogP contribution in [0.15, 0.2) is 18.2 Å². The number of benzene rings is 1. The van der Waals surface area contributed by atoms with Crippen molar-refractivity contribution >= 4 is 23.8 Å². The first-order chi connectivity index (χ1) is 8.61. The van der Waals surface area contributed by atoms with Gasteiger partial charge in [0.15, 0.2) is 10.6 Å². The number of nitrogens with zero attached hydrogens (tertiary/aromatic N) is 2. The SMILES string of the molecule is COCCn1c(-c2cc(C)cc(Cl)c2)n[nH]c1=S. The molecule has 0 fully saturated rings. The number of H-pyrrole nitrogens is 1. The Labute approximate surface area is 116 Å². The van der Waals surface area contributed by atoms with E-state index in [4.69, 9.17) is 28.6 Å². The van der Waals surface area contributed by atoms with E-state index in [9.17, 15) is 0 Å². The second kappa shape index (κ2) is 5.65. The number of methoxy groups -OCH3 is 1. The van der Waals surface area contributed by atoms with Crippen LogP contribution in [0.2, 0.25) is 5.02 Å². The van der Waals surface area contributed by atoms with E-state index in [0.29, 0.717) is 22.9 Å². The molecule has 0 amide bonds. The quantitative estimate of drug-likeness (QED) is 0.876. The minimum Gasteiger partial charge on any atom is -0.383 e. The molecule has 96 valence electrons. The summed E-state index contributed by atoms with van der Waals surface area (Å²) < 4.78 is 7.56. The molecule has 1 aromatic carbocycles. The molecule has 2 rings (SSSR count). The van der Waals surface area contributed by atoms with Crippen LogP contribution in [0.5, 0.6) is 0 Å². The van der Waals surface area contributed by atoms with Crippen molar-refractivity contribution in [2.45, 2.75) is 13.5 Å². The number of nitrogens with one attached hydrogen (secondary N) is 1. The average Bonchev–Trinajstić information content (AvgIpc) is 2.67. The van der Waals surface area contributed by atoms with Gasteiger partial charge in [-0.25, -0.2) is 0 Å². The summed E-state index contributed by atoms with van der Waals surface area (Å²) in [5.74, 6) is 0.780. The fourth-order valence-corrected chi connectivity index (χ4v) is 2.31. The van der Waals surface area contributed by atoms with Gasteiger partial charge in [0, 0.05) is 17.7 Å². The molecule has 0 aliphatic heterocycles. The van der Waals surface area contributed by atoms with E-state index in [0.717, 1.165) is 17.0 Å². The summed E-state index contributed by atoms with van der Waals surface area (Å²) >= 11 is 11.3. The second-order valence-electron chi connectivity index (χ2n) is 4.01. The lowest BCUT2D eigenvalue weighted by atomic mass is 10.1. The number of rotatable bonds is 4. The third-order valence-electron chi connectivity index (χ3n) is 2.58. The maximum Gasteiger partial charge on any atom is 0.195 e. The van der Waals surface area contributed by atoms with Crippen LogP contribution < -0.4 is 0 Å². The van der Waals surface area contributed by atoms with E-state index in [1.165, 1.54) is 0 Å². The smallest absolute Gasteiger partial charge is 0.195 e. The summed E-state index contributed by atoms with van der Waals surface area (Å²) in [5, 5.41) is 7.75. The number of hydrogen-bond donors (Lipinski definition) is 1. The van der Waals surface area contributed by atoms with Crippen molar-refractivity contribution in [3.8, 4) is 11.4 Å². The fraction of sp³-hybridized carbons (Fsp3) is 0.333. The Morgan fingerprint density at radius 3 is 2.89 bits per heavy atom. The number of aromatic nitrogens is 3. The zero-order chi connectivity index (χ0) is 13.1. The molecule has 1 aromatic heterocycles. The van der Waals surface area contributed by atoms with Crippen LogP contribution in [-0.4, -0.2) is 28.5 Å². The maximum absolute atomic E-state index is 6.07.